The molecule has 0 radical (unpaired) electrons. The standard InChI is InChI=1S/C7H14N4OS/c1-8-7-6(9-10-13-7)5-11(2)3-4-12/h8,12H,3-5H2,1-2H3. The first kappa shape index (κ1) is 10.4. The molecule has 0 aromatic carbocycles. The van der Waals surface area contributed by atoms with Gasteiger partial charge < -0.3 is 10.4 Å². The van der Waals surface area contributed by atoms with E-state index in [9.17, 15) is 0 Å². The topological polar surface area (TPSA) is 61.3 Å². The Hall–Kier alpha value is -0.720. The molecule has 0 spiro atoms. The second-order valence-corrected chi connectivity index (χ2v) is 3.51. The highest BCUT2D eigenvalue weighted by atomic mass is 32.1. The van der Waals surface area contributed by atoms with Crippen LogP contribution < -0.4 is 5.32 Å². The lowest BCUT2D eigenvalue weighted by Crippen LogP contribution is -2.22. The molecule has 0 aliphatic heterocycles. The van der Waals surface area contributed by atoms with Crippen LogP contribution in [-0.4, -0.2) is 46.8 Å². The third-order valence-electron chi connectivity index (χ3n) is 1.68. The number of likely N-dealkylation sites (N-methyl/N-ethyl adjacent to an activating group) is 1. The predicted molar refractivity (Wildman–Crippen MR) is 52.9 cm³/mol. The fourth-order valence-electron chi connectivity index (χ4n) is 1.01. The molecule has 1 heterocycles. The van der Waals surface area contributed by atoms with Gasteiger partial charge in [0.2, 0.25) is 0 Å². The third kappa shape index (κ3) is 2.91. The first-order valence-corrected chi connectivity index (χ1v) is 4.83. The van der Waals surface area contributed by atoms with Crippen molar-refractivity contribution in [2.75, 3.05) is 32.6 Å². The van der Waals surface area contributed by atoms with E-state index in [0.717, 1.165) is 10.7 Å². The molecule has 0 bridgehead atoms. The van der Waals surface area contributed by atoms with Crippen molar-refractivity contribution in [3.63, 3.8) is 0 Å². The van der Waals surface area contributed by atoms with Crippen molar-refractivity contribution in [1.82, 2.24) is 14.5 Å². The molecule has 13 heavy (non-hydrogen) atoms. The molecule has 1 aromatic heterocycles. The van der Waals surface area contributed by atoms with Crippen molar-refractivity contribution in [3.8, 4) is 0 Å². The molecule has 0 atom stereocenters. The molecule has 0 aliphatic carbocycles. The second-order valence-electron chi connectivity index (χ2n) is 2.76. The molecule has 0 amide bonds. The second kappa shape index (κ2) is 5.11. The van der Waals surface area contributed by atoms with E-state index in [-0.39, 0.29) is 6.61 Å². The minimum Gasteiger partial charge on any atom is -0.395 e. The van der Waals surface area contributed by atoms with Crippen LogP contribution in [0.25, 0.3) is 0 Å². The SMILES string of the molecule is CNc1snnc1CN(C)CCO. The number of rotatable bonds is 5. The van der Waals surface area contributed by atoms with E-state index in [1.54, 1.807) is 0 Å². The van der Waals surface area contributed by atoms with E-state index in [2.05, 4.69) is 14.9 Å². The molecular formula is C7H14N4OS. The van der Waals surface area contributed by atoms with Crippen LogP contribution in [0.5, 0.6) is 0 Å². The maximum absolute atomic E-state index is 8.70. The molecule has 1 rings (SSSR count). The number of nitrogens with zero attached hydrogens (tertiary/aromatic N) is 3. The third-order valence-corrected chi connectivity index (χ3v) is 2.47. The molecule has 0 saturated heterocycles. The Kier molecular flexibility index (Phi) is 4.07. The van der Waals surface area contributed by atoms with E-state index >= 15 is 0 Å². The Bertz CT molecular complexity index is 252. The maximum atomic E-state index is 8.70. The van der Waals surface area contributed by atoms with Crippen molar-refractivity contribution in [2.24, 2.45) is 0 Å². The molecule has 0 aliphatic rings. The fraction of sp³-hybridized carbons (Fsp3) is 0.714. The predicted octanol–water partition coefficient (Wildman–Crippen LogP) is 0.00390. The molecular weight excluding hydrogens is 188 g/mol. The summed E-state index contributed by atoms with van der Waals surface area (Å²) < 4.78 is 3.85. The number of aliphatic hydroxyl groups excluding tert-OH is 1. The summed E-state index contributed by atoms with van der Waals surface area (Å²) in [6.07, 6.45) is 0. The summed E-state index contributed by atoms with van der Waals surface area (Å²) in [5, 5.41) is 16.7. The maximum Gasteiger partial charge on any atom is 0.134 e. The summed E-state index contributed by atoms with van der Waals surface area (Å²) in [4.78, 5) is 2.00. The van der Waals surface area contributed by atoms with Crippen molar-refractivity contribution >= 4 is 16.5 Å². The first-order valence-electron chi connectivity index (χ1n) is 4.06. The first-order chi connectivity index (χ1) is 6.27. The van der Waals surface area contributed by atoms with Gasteiger partial charge in [-0.15, -0.1) is 5.10 Å². The van der Waals surface area contributed by atoms with Crippen LogP contribution in [0.3, 0.4) is 0 Å². The van der Waals surface area contributed by atoms with Gasteiger partial charge in [-0.3, -0.25) is 4.90 Å². The number of aromatic nitrogens is 2. The van der Waals surface area contributed by atoms with Crippen LogP contribution in [0.15, 0.2) is 0 Å². The average molecular weight is 202 g/mol. The van der Waals surface area contributed by atoms with E-state index in [1.807, 2.05) is 19.0 Å². The summed E-state index contributed by atoms with van der Waals surface area (Å²) >= 11 is 1.35. The Morgan fingerprint density at radius 2 is 2.38 bits per heavy atom. The van der Waals surface area contributed by atoms with E-state index in [1.165, 1.54) is 11.5 Å². The van der Waals surface area contributed by atoms with Crippen LogP contribution in [0.2, 0.25) is 0 Å². The van der Waals surface area contributed by atoms with Gasteiger partial charge in [-0.05, 0) is 7.05 Å². The Balaban J connectivity index is 2.52. The molecule has 1 aromatic rings. The van der Waals surface area contributed by atoms with Crippen LogP contribution in [0, 0.1) is 0 Å². The molecule has 5 nitrogen and oxygen atoms in total. The number of nitrogens with one attached hydrogen (secondary N) is 1. The highest BCUT2D eigenvalue weighted by Gasteiger charge is 2.08. The van der Waals surface area contributed by atoms with E-state index in [4.69, 9.17) is 5.11 Å². The zero-order valence-corrected chi connectivity index (χ0v) is 8.63. The smallest absolute Gasteiger partial charge is 0.134 e. The molecule has 0 unspecified atom stereocenters. The molecule has 74 valence electrons. The van der Waals surface area contributed by atoms with Gasteiger partial charge in [0, 0.05) is 31.7 Å². The Morgan fingerprint density at radius 3 is 3.00 bits per heavy atom. The molecule has 0 saturated carbocycles. The Morgan fingerprint density at radius 1 is 1.62 bits per heavy atom. The van der Waals surface area contributed by atoms with Gasteiger partial charge >= 0.3 is 0 Å². The number of anilines is 1. The van der Waals surface area contributed by atoms with Gasteiger partial charge in [-0.1, -0.05) is 4.49 Å². The summed E-state index contributed by atoms with van der Waals surface area (Å²) in [5.41, 5.74) is 0.934. The fourth-order valence-corrected chi connectivity index (χ4v) is 1.53. The van der Waals surface area contributed by atoms with Crippen LogP contribution in [0.1, 0.15) is 5.69 Å². The Labute approximate surface area is 81.5 Å². The van der Waals surface area contributed by atoms with Gasteiger partial charge in [-0.2, -0.15) is 0 Å². The highest BCUT2D eigenvalue weighted by Crippen LogP contribution is 2.17. The lowest BCUT2D eigenvalue weighted by atomic mass is 10.4. The monoisotopic (exact) mass is 202 g/mol. The van der Waals surface area contributed by atoms with Gasteiger partial charge in [0.25, 0.3) is 0 Å². The molecule has 6 heteroatoms. The lowest BCUT2D eigenvalue weighted by molar-refractivity contribution is 0.216. The quantitative estimate of drug-likeness (QED) is 0.704. The van der Waals surface area contributed by atoms with Gasteiger partial charge in [-0.25, -0.2) is 0 Å². The van der Waals surface area contributed by atoms with Crippen molar-refractivity contribution < 1.29 is 5.11 Å². The van der Waals surface area contributed by atoms with Crippen molar-refractivity contribution in [2.45, 2.75) is 6.54 Å². The number of aliphatic hydroxyl groups is 1. The van der Waals surface area contributed by atoms with Crippen LogP contribution in [-0.2, 0) is 6.54 Å². The average Bonchev–Trinajstić information content (AvgIpc) is 2.52. The summed E-state index contributed by atoms with van der Waals surface area (Å²) in [6.45, 7) is 1.54. The van der Waals surface area contributed by atoms with Crippen molar-refractivity contribution in [3.05, 3.63) is 5.69 Å². The minimum absolute atomic E-state index is 0.170. The largest absolute Gasteiger partial charge is 0.395 e. The van der Waals surface area contributed by atoms with Crippen LogP contribution >= 0.6 is 11.5 Å². The molecule has 2 N–H and O–H groups in total. The van der Waals surface area contributed by atoms with Gasteiger partial charge in [0.15, 0.2) is 0 Å². The number of hydrogen-bond donors (Lipinski definition) is 2. The summed E-state index contributed by atoms with van der Waals surface area (Å²) in [5.74, 6) is 0. The normalized spacial score (nSPS) is 10.8. The number of hydrogen-bond acceptors (Lipinski definition) is 6. The van der Waals surface area contributed by atoms with Gasteiger partial charge in [0.1, 0.15) is 10.7 Å². The summed E-state index contributed by atoms with van der Waals surface area (Å²) in [6, 6.07) is 0. The zero-order chi connectivity index (χ0) is 9.68. The summed E-state index contributed by atoms with van der Waals surface area (Å²) in [7, 11) is 3.79. The van der Waals surface area contributed by atoms with Crippen LogP contribution in [0.4, 0.5) is 5.00 Å². The van der Waals surface area contributed by atoms with Crippen molar-refractivity contribution in [1.29, 1.82) is 0 Å². The lowest BCUT2D eigenvalue weighted by Gasteiger charge is -2.13. The van der Waals surface area contributed by atoms with Gasteiger partial charge in [0.05, 0.1) is 6.61 Å². The highest BCUT2D eigenvalue weighted by molar-refractivity contribution is 7.10. The zero-order valence-electron chi connectivity index (χ0n) is 7.82. The molecule has 0 fully saturated rings. The van der Waals surface area contributed by atoms with E-state index in [0.29, 0.717) is 13.1 Å². The minimum atomic E-state index is 0.170. The van der Waals surface area contributed by atoms with E-state index < -0.39 is 0 Å².